The molecule has 0 bridgehead atoms. The number of rotatable bonds is 3. The Bertz CT molecular complexity index is 327. The van der Waals surface area contributed by atoms with Crippen LogP contribution in [0.2, 0.25) is 0 Å². The van der Waals surface area contributed by atoms with Gasteiger partial charge in [0.1, 0.15) is 5.54 Å². The van der Waals surface area contributed by atoms with Gasteiger partial charge >= 0.3 is 0 Å². The van der Waals surface area contributed by atoms with Gasteiger partial charge in [0, 0.05) is 6.54 Å². The number of hydrogen-bond donors (Lipinski definition) is 2. The Morgan fingerprint density at radius 2 is 2.24 bits per heavy atom. The molecule has 1 saturated carbocycles. The Kier molecular flexibility index (Phi) is 3.69. The molecular weight excluding hydrogens is 214 g/mol. The fourth-order valence-electron chi connectivity index (χ4n) is 3.08. The molecule has 0 aromatic carbocycles. The molecule has 1 saturated heterocycles. The van der Waals surface area contributed by atoms with Gasteiger partial charge in [-0.3, -0.25) is 15.1 Å². The molecule has 4 nitrogen and oxygen atoms in total. The molecule has 1 spiro atoms. The summed E-state index contributed by atoms with van der Waals surface area (Å²) >= 11 is 0. The number of nitrogens with zero attached hydrogens (tertiary/aromatic N) is 1. The molecule has 0 radical (unpaired) electrons. The maximum atomic E-state index is 12.2. The van der Waals surface area contributed by atoms with E-state index in [-0.39, 0.29) is 11.4 Å². The fourth-order valence-corrected chi connectivity index (χ4v) is 3.08. The number of nitrogens with one attached hydrogen (secondary N) is 2. The van der Waals surface area contributed by atoms with Gasteiger partial charge in [-0.05, 0) is 25.2 Å². The molecule has 0 aromatic rings. The third-order valence-electron chi connectivity index (χ3n) is 4.04. The van der Waals surface area contributed by atoms with Crippen LogP contribution in [0.15, 0.2) is 4.99 Å². The summed E-state index contributed by atoms with van der Waals surface area (Å²) in [5, 5.41) is 6.29. The van der Waals surface area contributed by atoms with Crippen molar-refractivity contribution in [1.29, 1.82) is 0 Å². The number of guanidine groups is 1. The van der Waals surface area contributed by atoms with Crippen molar-refractivity contribution < 1.29 is 4.79 Å². The van der Waals surface area contributed by atoms with Gasteiger partial charge in [-0.2, -0.15) is 0 Å². The van der Waals surface area contributed by atoms with E-state index in [2.05, 4.69) is 29.5 Å². The summed E-state index contributed by atoms with van der Waals surface area (Å²) in [5.74, 6) is 1.28. The van der Waals surface area contributed by atoms with Gasteiger partial charge in [0.05, 0.1) is 0 Å². The molecule has 2 unspecified atom stereocenters. The fraction of sp³-hybridized carbons (Fsp3) is 0.846. The molecule has 1 amide bonds. The molecular formula is C13H23N3O. The van der Waals surface area contributed by atoms with Crippen molar-refractivity contribution in [2.45, 2.75) is 57.9 Å². The Hall–Kier alpha value is -1.06. The minimum Gasteiger partial charge on any atom is -0.341 e. The van der Waals surface area contributed by atoms with E-state index in [4.69, 9.17) is 0 Å². The molecule has 2 N–H and O–H groups in total. The van der Waals surface area contributed by atoms with E-state index in [1.807, 2.05) is 0 Å². The van der Waals surface area contributed by atoms with Crippen LogP contribution in [0.3, 0.4) is 0 Å². The average molecular weight is 237 g/mol. The number of amides is 1. The molecule has 2 rings (SSSR count). The van der Waals surface area contributed by atoms with Crippen LogP contribution in [0.1, 0.15) is 52.4 Å². The minimum atomic E-state index is -0.362. The molecule has 2 fully saturated rings. The van der Waals surface area contributed by atoms with Crippen LogP contribution in [0.4, 0.5) is 0 Å². The first-order chi connectivity index (χ1) is 8.23. The highest BCUT2D eigenvalue weighted by molar-refractivity contribution is 6.09. The Morgan fingerprint density at radius 3 is 2.94 bits per heavy atom. The smallest absolute Gasteiger partial charge is 0.252 e. The van der Waals surface area contributed by atoms with Crippen LogP contribution >= 0.6 is 0 Å². The average Bonchev–Trinajstić information content (AvgIpc) is 2.65. The van der Waals surface area contributed by atoms with Crippen molar-refractivity contribution in [1.82, 2.24) is 10.6 Å². The lowest BCUT2D eigenvalue weighted by Crippen LogP contribution is -2.54. The van der Waals surface area contributed by atoms with E-state index >= 15 is 0 Å². The molecule has 2 aliphatic rings. The Balaban J connectivity index is 2.16. The van der Waals surface area contributed by atoms with Crippen LogP contribution in [0, 0.1) is 5.92 Å². The van der Waals surface area contributed by atoms with Crippen LogP contribution in [-0.2, 0) is 4.79 Å². The summed E-state index contributed by atoms with van der Waals surface area (Å²) in [6.07, 6.45) is 6.54. The lowest BCUT2D eigenvalue weighted by molar-refractivity contribution is -0.127. The number of hydrogen-bond acceptors (Lipinski definition) is 2. The van der Waals surface area contributed by atoms with Crippen molar-refractivity contribution in [3.63, 3.8) is 0 Å². The summed E-state index contributed by atoms with van der Waals surface area (Å²) in [5.41, 5.74) is -0.362. The van der Waals surface area contributed by atoms with Crippen LogP contribution in [0.5, 0.6) is 0 Å². The second kappa shape index (κ2) is 5.07. The monoisotopic (exact) mass is 237 g/mol. The molecule has 4 heteroatoms. The van der Waals surface area contributed by atoms with Crippen molar-refractivity contribution in [3.05, 3.63) is 0 Å². The van der Waals surface area contributed by atoms with Crippen LogP contribution in [0.25, 0.3) is 0 Å². The van der Waals surface area contributed by atoms with Crippen LogP contribution in [-0.4, -0.2) is 24.0 Å². The topological polar surface area (TPSA) is 53.5 Å². The number of carbonyl (C=O) groups excluding carboxylic acids is 1. The third-order valence-corrected chi connectivity index (χ3v) is 4.04. The molecule has 0 aromatic heterocycles. The highest BCUT2D eigenvalue weighted by Gasteiger charge is 2.50. The summed E-state index contributed by atoms with van der Waals surface area (Å²) in [6.45, 7) is 5.04. The van der Waals surface area contributed by atoms with Gasteiger partial charge in [-0.25, -0.2) is 0 Å². The maximum absolute atomic E-state index is 12.2. The van der Waals surface area contributed by atoms with E-state index in [1.165, 1.54) is 6.42 Å². The summed E-state index contributed by atoms with van der Waals surface area (Å²) in [4.78, 5) is 16.6. The van der Waals surface area contributed by atoms with Gasteiger partial charge in [-0.1, -0.05) is 33.1 Å². The molecule has 1 aliphatic carbocycles. The lowest BCUT2D eigenvalue weighted by Gasteiger charge is -2.38. The zero-order chi connectivity index (χ0) is 12.3. The Labute approximate surface area is 103 Å². The van der Waals surface area contributed by atoms with Gasteiger partial charge in [0.15, 0.2) is 5.96 Å². The zero-order valence-corrected chi connectivity index (χ0v) is 10.9. The van der Waals surface area contributed by atoms with Gasteiger partial charge < -0.3 is 5.32 Å². The first-order valence-corrected chi connectivity index (χ1v) is 6.87. The normalized spacial score (nSPS) is 35.1. The Morgan fingerprint density at radius 1 is 1.41 bits per heavy atom. The van der Waals surface area contributed by atoms with Crippen molar-refractivity contribution >= 4 is 11.9 Å². The van der Waals surface area contributed by atoms with Crippen molar-refractivity contribution in [3.8, 4) is 0 Å². The zero-order valence-electron chi connectivity index (χ0n) is 10.9. The number of carbonyl (C=O) groups is 1. The highest BCUT2D eigenvalue weighted by Crippen LogP contribution is 2.37. The van der Waals surface area contributed by atoms with E-state index in [1.54, 1.807) is 0 Å². The van der Waals surface area contributed by atoms with E-state index in [0.717, 1.165) is 38.6 Å². The summed E-state index contributed by atoms with van der Waals surface area (Å²) in [6, 6.07) is 0. The highest BCUT2D eigenvalue weighted by atomic mass is 16.2. The molecule has 17 heavy (non-hydrogen) atoms. The lowest BCUT2D eigenvalue weighted by atomic mass is 9.71. The van der Waals surface area contributed by atoms with E-state index in [0.29, 0.717) is 11.9 Å². The third kappa shape index (κ3) is 2.17. The predicted octanol–water partition coefficient (Wildman–Crippen LogP) is 1.81. The van der Waals surface area contributed by atoms with Crippen LogP contribution < -0.4 is 10.6 Å². The van der Waals surface area contributed by atoms with Gasteiger partial charge in [0.2, 0.25) is 0 Å². The van der Waals surface area contributed by atoms with Crippen molar-refractivity contribution in [2.75, 3.05) is 6.54 Å². The standard InChI is InChI=1S/C13H23N3O/c1-3-9-14-12-15-11(17)13(16-12)8-6-5-7-10(13)4-2/h10H,3-9H2,1-2H3,(H2,14,15,16,17). The molecule has 1 heterocycles. The first kappa shape index (κ1) is 12.4. The van der Waals surface area contributed by atoms with Gasteiger partial charge in [-0.15, -0.1) is 0 Å². The molecule has 2 atom stereocenters. The largest absolute Gasteiger partial charge is 0.341 e. The summed E-state index contributed by atoms with van der Waals surface area (Å²) in [7, 11) is 0. The van der Waals surface area contributed by atoms with Gasteiger partial charge in [0.25, 0.3) is 5.91 Å². The quantitative estimate of drug-likeness (QED) is 0.786. The maximum Gasteiger partial charge on any atom is 0.252 e. The molecule has 1 aliphatic heterocycles. The second-order valence-corrected chi connectivity index (χ2v) is 5.13. The predicted molar refractivity (Wildman–Crippen MR) is 68.9 cm³/mol. The van der Waals surface area contributed by atoms with Crippen molar-refractivity contribution in [2.24, 2.45) is 10.9 Å². The summed E-state index contributed by atoms with van der Waals surface area (Å²) < 4.78 is 0. The number of aliphatic imine (C=N–C) groups is 1. The SMILES string of the molecule is CCCN=C1NC(=O)C2(CCCCC2CC)N1. The van der Waals surface area contributed by atoms with E-state index < -0.39 is 0 Å². The molecule has 96 valence electrons. The first-order valence-electron chi connectivity index (χ1n) is 6.87. The minimum absolute atomic E-state index is 0.138. The second-order valence-electron chi connectivity index (χ2n) is 5.13. The van der Waals surface area contributed by atoms with E-state index in [9.17, 15) is 4.79 Å².